The van der Waals surface area contributed by atoms with Crippen molar-refractivity contribution >= 4 is 23.5 Å². The van der Waals surface area contributed by atoms with Crippen molar-refractivity contribution in [2.24, 2.45) is 0 Å². The van der Waals surface area contributed by atoms with Gasteiger partial charge >= 0.3 is 5.97 Å². The van der Waals surface area contributed by atoms with Crippen molar-refractivity contribution in [2.45, 2.75) is 24.2 Å². The molecule has 1 aromatic rings. The number of nitrogens with zero attached hydrogens (tertiary/aromatic N) is 2. The number of aromatic nitrogens is 2. The van der Waals surface area contributed by atoms with Crippen molar-refractivity contribution in [3.8, 4) is 0 Å². The van der Waals surface area contributed by atoms with E-state index in [1.54, 1.807) is 6.92 Å². The van der Waals surface area contributed by atoms with Gasteiger partial charge in [0.2, 0.25) is 0 Å². The van der Waals surface area contributed by atoms with Crippen LogP contribution in [0.4, 0.5) is 5.82 Å². The van der Waals surface area contributed by atoms with E-state index in [-0.39, 0.29) is 24.6 Å². The Morgan fingerprint density at radius 1 is 1.78 bits per heavy atom. The van der Waals surface area contributed by atoms with Crippen LogP contribution < -0.4 is 11.3 Å². The molecule has 2 rings (SSSR count). The first-order valence-electron chi connectivity index (χ1n) is 5.37. The number of nitrogens with two attached hydrogens (primary N) is 1. The van der Waals surface area contributed by atoms with Crippen molar-refractivity contribution in [2.75, 3.05) is 18.1 Å². The minimum atomic E-state index is -1.59. The lowest BCUT2D eigenvalue weighted by atomic mass is 10.1. The van der Waals surface area contributed by atoms with E-state index >= 15 is 0 Å². The number of esters is 1. The topological polar surface area (TPSA) is 107 Å². The van der Waals surface area contributed by atoms with Crippen LogP contribution in [0, 0.1) is 0 Å². The second-order valence-corrected chi connectivity index (χ2v) is 4.83. The van der Waals surface area contributed by atoms with E-state index in [9.17, 15) is 14.7 Å². The molecule has 0 amide bonds. The van der Waals surface area contributed by atoms with E-state index in [0.29, 0.717) is 5.16 Å². The summed E-state index contributed by atoms with van der Waals surface area (Å²) in [5, 5.41) is 10.7. The molecule has 0 bridgehead atoms. The summed E-state index contributed by atoms with van der Waals surface area (Å²) in [5.41, 5.74) is 3.39. The van der Waals surface area contributed by atoms with E-state index in [1.165, 1.54) is 11.8 Å². The lowest BCUT2D eigenvalue weighted by Crippen LogP contribution is -2.42. The molecular weight excluding hydrogens is 258 g/mol. The van der Waals surface area contributed by atoms with Crippen molar-refractivity contribution in [3.63, 3.8) is 0 Å². The lowest BCUT2D eigenvalue weighted by molar-refractivity contribution is -0.152. The van der Waals surface area contributed by atoms with Gasteiger partial charge in [0.1, 0.15) is 5.82 Å². The first kappa shape index (κ1) is 12.9. The molecule has 1 atom stereocenters. The van der Waals surface area contributed by atoms with Crippen LogP contribution in [-0.4, -0.2) is 33.0 Å². The highest BCUT2D eigenvalue weighted by Gasteiger charge is 2.41. The summed E-state index contributed by atoms with van der Waals surface area (Å²) >= 11 is 1.18. The number of anilines is 1. The molecule has 2 heterocycles. The zero-order chi connectivity index (χ0) is 13.3. The lowest BCUT2D eigenvalue weighted by Gasteiger charge is -2.23. The van der Waals surface area contributed by atoms with Crippen LogP contribution in [0.25, 0.3) is 0 Å². The average molecular weight is 271 g/mol. The molecule has 3 N–H and O–H groups in total. The molecule has 0 aliphatic carbocycles. The van der Waals surface area contributed by atoms with E-state index < -0.39 is 17.3 Å². The van der Waals surface area contributed by atoms with Gasteiger partial charge in [0.15, 0.2) is 10.9 Å². The maximum absolute atomic E-state index is 11.8. The van der Waals surface area contributed by atoms with Gasteiger partial charge in [-0.2, -0.15) is 0 Å². The van der Waals surface area contributed by atoms with Gasteiger partial charge in [-0.1, -0.05) is 11.8 Å². The molecule has 18 heavy (non-hydrogen) atoms. The first-order valence-corrected chi connectivity index (χ1v) is 6.35. The van der Waals surface area contributed by atoms with Crippen molar-refractivity contribution < 1.29 is 14.6 Å². The van der Waals surface area contributed by atoms with E-state index in [0.717, 1.165) is 10.6 Å². The molecule has 1 aliphatic heterocycles. The monoisotopic (exact) mass is 271 g/mol. The highest BCUT2D eigenvalue weighted by atomic mass is 32.2. The third kappa shape index (κ3) is 2.21. The van der Waals surface area contributed by atoms with Crippen LogP contribution in [0.1, 0.15) is 13.3 Å². The van der Waals surface area contributed by atoms with E-state index in [4.69, 9.17) is 10.5 Å². The first-order chi connectivity index (χ1) is 8.46. The van der Waals surface area contributed by atoms with E-state index in [2.05, 4.69) is 4.98 Å². The second kappa shape index (κ2) is 4.62. The molecule has 0 radical (unpaired) electrons. The predicted octanol–water partition coefficient (Wildman–Crippen LogP) is -0.471. The van der Waals surface area contributed by atoms with Gasteiger partial charge in [-0.05, 0) is 6.92 Å². The standard InChI is InChI=1S/C10H13N3O4S/c1-2-17-8(15)4-10(16)5-18-9-12-6(11)3-7(14)13(9)10/h3,16H,2,4-5,11H2,1H3/t10-/m0/s1. The number of fused-ring (bicyclic) bond motifs is 1. The van der Waals surface area contributed by atoms with Gasteiger partial charge in [-0.15, -0.1) is 0 Å². The molecule has 0 saturated heterocycles. The van der Waals surface area contributed by atoms with Crippen molar-refractivity contribution in [3.05, 3.63) is 16.4 Å². The summed E-state index contributed by atoms with van der Waals surface area (Å²) in [6, 6.07) is 1.12. The van der Waals surface area contributed by atoms with Gasteiger partial charge in [0.05, 0.1) is 18.8 Å². The number of carbonyl (C=O) groups excluding carboxylic acids is 1. The number of rotatable bonds is 3. The Balaban J connectivity index is 2.35. The zero-order valence-corrected chi connectivity index (χ0v) is 10.6. The Labute approximate surface area is 107 Å². The van der Waals surface area contributed by atoms with Gasteiger partial charge in [0.25, 0.3) is 5.56 Å². The SMILES string of the molecule is CCOC(=O)C[C@]1(O)CSc2nc(N)cc(=O)n21. The molecule has 0 aromatic carbocycles. The van der Waals surface area contributed by atoms with Crippen LogP contribution in [0.3, 0.4) is 0 Å². The average Bonchev–Trinajstić information content (AvgIpc) is 2.55. The van der Waals surface area contributed by atoms with Gasteiger partial charge in [0, 0.05) is 6.07 Å². The summed E-state index contributed by atoms with van der Waals surface area (Å²) in [7, 11) is 0. The summed E-state index contributed by atoms with van der Waals surface area (Å²) in [4.78, 5) is 27.2. The number of nitrogen functional groups attached to an aromatic ring is 1. The maximum Gasteiger partial charge on any atom is 0.310 e. The third-order valence-electron chi connectivity index (χ3n) is 2.49. The Morgan fingerprint density at radius 3 is 3.17 bits per heavy atom. The summed E-state index contributed by atoms with van der Waals surface area (Å²) in [5.74, 6) is -0.298. The number of hydrogen-bond acceptors (Lipinski definition) is 7. The van der Waals surface area contributed by atoms with Gasteiger partial charge < -0.3 is 15.6 Å². The van der Waals surface area contributed by atoms with E-state index in [1.807, 2.05) is 0 Å². The quantitative estimate of drug-likeness (QED) is 0.565. The molecule has 0 unspecified atom stereocenters. The van der Waals surface area contributed by atoms with Crippen LogP contribution in [0.5, 0.6) is 0 Å². The fourth-order valence-corrected chi connectivity index (χ4v) is 2.93. The number of ether oxygens (including phenoxy) is 1. The number of aliphatic hydroxyl groups is 1. The molecular formula is C10H13N3O4S. The zero-order valence-electron chi connectivity index (χ0n) is 9.75. The van der Waals surface area contributed by atoms with Crippen molar-refractivity contribution in [1.82, 2.24) is 9.55 Å². The smallest absolute Gasteiger partial charge is 0.310 e. The Bertz CT molecular complexity index is 544. The van der Waals surface area contributed by atoms with Crippen LogP contribution in [-0.2, 0) is 15.3 Å². The Hall–Kier alpha value is -1.54. The van der Waals surface area contributed by atoms with Crippen LogP contribution >= 0.6 is 11.8 Å². The number of hydrogen-bond donors (Lipinski definition) is 2. The minimum Gasteiger partial charge on any atom is -0.466 e. The Kier molecular flexibility index (Phi) is 3.31. The maximum atomic E-state index is 11.8. The summed E-state index contributed by atoms with van der Waals surface area (Å²) in [6.07, 6.45) is -0.285. The van der Waals surface area contributed by atoms with Gasteiger partial charge in [-0.25, -0.2) is 4.98 Å². The summed E-state index contributed by atoms with van der Waals surface area (Å²) < 4.78 is 5.87. The molecule has 1 aliphatic rings. The van der Waals surface area contributed by atoms with Crippen LogP contribution in [0.15, 0.2) is 16.0 Å². The Morgan fingerprint density at radius 2 is 2.50 bits per heavy atom. The fraction of sp³-hybridized carbons (Fsp3) is 0.500. The normalized spacial score (nSPS) is 21.7. The molecule has 0 spiro atoms. The number of carbonyl (C=O) groups is 1. The highest BCUT2D eigenvalue weighted by molar-refractivity contribution is 7.99. The molecule has 1 aromatic heterocycles. The number of thioether (sulfide) groups is 1. The third-order valence-corrected chi connectivity index (χ3v) is 3.63. The molecule has 0 saturated carbocycles. The molecule has 98 valence electrons. The highest BCUT2D eigenvalue weighted by Crippen LogP contribution is 2.35. The van der Waals surface area contributed by atoms with Crippen molar-refractivity contribution in [1.29, 1.82) is 0 Å². The molecule has 0 fully saturated rings. The fourth-order valence-electron chi connectivity index (χ4n) is 1.78. The molecule has 7 nitrogen and oxygen atoms in total. The van der Waals surface area contributed by atoms with Gasteiger partial charge in [-0.3, -0.25) is 14.2 Å². The molecule has 8 heteroatoms. The second-order valence-electron chi connectivity index (χ2n) is 3.89. The predicted molar refractivity (Wildman–Crippen MR) is 65.1 cm³/mol. The minimum absolute atomic E-state index is 0.0964. The summed E-state index contributed by atoms with van der Waals surface area (Å²) in [6.45, 7) is 1.90. The van der Waals surface area contributed by atoms with Crippen LogP contribution in [0.2, 0.25) is 0 Å². The largest absolute Gasteiger partial charge is 0.466 e.